The van der Waals surface area contributed by atoms with Gasteiger partial charge >= 0.3 is 11.9 Å². The average molecular weight is 434 g/mol. The number of likely N-dealkylation sites (N-methyl/N-ethyl adjacent to an activating group) is 1. The van der Waals surface area contributed by atoms with Crippen LogP contribution in [0, 0.1) is 0 Å². The smallest absolute Gasteiger partial charge is 0.328 e. The van der Waals surface area contributed by atoms with E-state index in [0.29, 0.717) is 18.8 Å². The van der Waals surface area contributed by atoms with E-state index in [1.165, 1.54) is 11.1 Å². The van der Waals surface area contributed by atoms with Gasteiger partial charge in [0, 0.05) is 35.8 Å². The van der Waals surface area contributed by atoms with Crippen LogP contribution in [0.4, 0.5) is 0 Å². The molecule has 160 valence electrons. The fraction of sp³-hybridized carbons (Fsp3) is 0.273. The maximum absolute atomic E-state index is 9.55. The number of furan rings is 1. The van der Waals surface area contributed by atoms with Gasteiger partial charge in [-0.05, 0) is 61.9 Å². The van der Waals surface area contributed by atoms with E-state index in [9.17, 15) is 9.59 Å². The molecular formula is C22H24ClNO6. The molecule has 7 nitrogen and oxygen atoms in total. The summed E-state index contributed by atoms with van der Waals surface area (Å²) in [5.74, 6) is -0.737. The Morgan fingerprint density at radius 2 is 1.80 bits per heavy atom. The number of aliphatic carboxylic acids is 2. The van der Waals surface area contributed by atoms with E-state index in [0.717, 1.165) is 42.5 Å². The first-order chi connectivity index (χ1) is 14.4. The van der Waals surface area contributed by atoms with Gasteiger partial charge in [-0.1, -0.05) is 11.6 Å². The fourth-order valence-corrected chi connectivity index (χ4v) is 3.14. The van der Waals surface area contributed by atoms with Crippen LogP contribution in [-0.2, 0) is 22.4 Å². The minimum atomic E-state index is -1.26. The zero-order valence-corrected chi connectivity index (χ0v) is 17.3. The lowest BCUT2D eigenvalue weighted by Gasteiger charge is -2.14. The standard InChI is InChI=1S/C18H20ClNO2.C4H4O4/c1-20-10-8-15-16(9-11-20)18(7-6-17(15)19)22-13-3-5-14-4-2-12-21-14;5-3(6)1-2-4(7)8/h2-7,12H,8-11,13H2,1H3;1-2H,(H,5,6)(H,7,8)/b5-3+;2-1-. The Kier molecular flexibility index (Phi) is 9.18. The summed E-state index contributed by atoms with van der Waals surface area (Å²) in [6, 6.07) is 7.71. The number of carboxylic acid groups (broad SMARTS) is 2. The van der Waals surface area contributed by atoms with Crippen molar-refractivity contribution in [2.45, 2.75) is 12.8 Å². The highest BCUT2D eigenvalue weighted by atomic mass is 35.5. The molecule has 1 aliphatic heterocycles. The van der Waals surface area contributed by atoms with Crippen molar-refractivity contribution in [2.75, 3.05) is 26.7 Å². The molecule has 0 radical (unpaired) electrons. The number of nitrogens with zero attached hydrogens (tertiary/aromatic N) is 1. The topological polar surface area (TPSA) is 100 Å². The molecule has 0 unspecified atom stereocenters. The van der Waals surface area contributed by atoms with E-state index < -0.39 is 11.9 Å². The van der Waals surface area contributed by atoms with Crippen LogP contribution in [-0.4, -0.2) is 53.8 Å². The highest BCUT2D eigenvalue weighted by Gasteiger charge is 2.17. The van der Waals surface area contributed by atoms with Gasteiger partial charge in [-0.25, -0.2) is 9.59 Å². The number of fused-ring (bicyclic) bond motifs is 1. The van der Waals surface area contributed by atoms with E-state index >= 15 is 0 Å². The Labute approximate surface area is 179 Å². The Hall–Kier alpha value is -3.03. The van der Waals surface area contributed by atoms with E-state index in [1.807, 2.05) is 36.4 Å². The average Bonchev–Trinajstić information content (AvgIpc) is 3.14. The molecule has 0 bridgehead atoms. The predicted octanol–water partition coefficient (Wildman–Crippen LogP) is 3.77. The van der Waals surface area contributed by atoms with Crippen molar-refractivity contribution >= 4 is 29.6 Å². The Balaban J connectivity index is 0.000000343. The third kappa shape index (κ3) is 7.77. The number of ether oxygens (including phenoxy) is 1. The van der Waals surface area contributed by atoms with Crippen molar-refractivity contribution in [3.05, 3.63) is 70.7 Å². The molecule has 0 amide bonds. The molecule has 3 rings (SSSR count). The molecule has 0 spiro atoms. The van der Waals surface area contributed by atoms with Crippen LogP contribution in [0.1, 0.15) is 16.9 Å². The molecule has 0 fully saturated rings. The van der Waals surface area contributed by atoms with Crippen LogP contribution in [0.15, 0.2) is 53.2 Å². The predicted molar refractivity (Wildman–Crippen MR) is 114 cm³/mol. The largest absolute Gasteiger partial charge is 0.489 e. The molecular weight excluding hydrogens is 410 g/mol. The molecule has 0 aliphatic carbocycles. The van der Waals surface area contributed by atoms with Gasteiger partial charge in [-0.15, -0.1) is 0 Å². The molecule has 2 aromatic rings. The van der Waals surface area contributed by atoms with Crippen LogP contribution in [0.25, 0.3) is 6.08 Å². The first-order valence-corrected chi connectivity index (χ1v) is 9.70. The van der Waals surface area contributed by atoms with Gasteiger partial charge in [0.15, 0.2) is 0 Å². The number of benzene rings is 1. The fourth-order valence-electron chi connectivity index (χ4n) is 2.87. The number of hydrogen-bond acceptors (Lipinski definition) is 5. The van der Waals surface area contributed by atoms with Gasteiger partial charge < -0.3 is 24.3 Å². The summed E-state index contributed by atoms with van der Waals surface area (Å²) in [4.78, 5) is 21.4. The zero-order valence-electron chi connectivity index (χ0n) is 16.6. The van der Waals surface area contributed by atoms with Crippen LogP contribution >= 0.6 is 11.6 Å². The third-order valence-electron chi connectivity index (χ3n) is 4.35. The SMILES string of the molecule is CN1CCc2c(Cl)ccc(OC/C=C/c3ccco3)c2CC1.O=C(O)/C=C\C(=O)O. The van der Waals surface area contributed by atoms with Gasteiger partial charge in [0.25, 0.3) is 0 Å². The third-order valence-corrected chi connectivity index (χ3v) is 4.70. The first-order valence-electron chi connectivity index (χ1n) is 9.32. The van der Waals surface area contributed by atoms with E-state index in [-0.39, 0.29) is 0 Å². The summed E-state index contributed by atoms with van der Waals surface area (Å²) >= 11 is 6.36. The lowest BCUT2D eigenvalue weighted by atomic mass is 10.0. The van der Waals surface area contributed by atoms with Crippen LogP contribution in [0.5, 0.6) is 5.75 Å². The minimum absolute atomic E-state index is 0.518. The van der Waals surface area contributed by atoms with Crippen LogP contribution in [0.3, 0.4) is 0 Å². The van der Waals surface area contributed by atoms with E-state index in [1.54, 1.807) is 6.26 Å². The first kappa shape index (κ1) is 23.3. The lowest BCUT2D eigenvalue weighted by molar-refractivity contribution is -0.134. The molecule has 1 aliphatic rings. The van der Waals surface area contributed by atoms with Gasteiger partial charge in [-0.3, -0.25) is 0 Å². The van der Waals surface area contributed by atoms with Crippen LogP contribution < -0.4 is 4.74 Å². The molecule has 0 saturated heterocycles. The zero-order chi connectivity index (χ0) is 21.9. The monoisotopic (exact) mass is 433 g/mol. The molecule has 0 atom stereocenters. The van der Waals surface area contributed by atoms with E-state index in [2.05, 4.69) is 11.9 Å². The van der Waals surface area contributed by atoms with Gasteiger partial charge in [0.1, 0.15) is 18.1 Å². The van der Waals surface area contributed by atoms with Crippen molar-refractivity contribution in [1.29, 1.82) is 0 Å². The summed E-state index contributed by atoms with van der Waals surface area (Å²) in [5.41, 5.74) is 2.49. The maximum Gasteiger partial charge on any atom is 0.328 e. The molecule has 1 aromatic carbocycles. The normalized spacial score (nSPS) is 14.1. The van der Waals surface area contributed by atoms with Crippen molar-refractivity contribution in [2.24, 2.45) is 0 Å². The van der Waals surface area contributed by atoms with Gasteiger partial charge in [-0.2, -0.15) is 0 Å². The molecule has 0 saturated carbocycles. The van der Waals surface area contributed by atoms with Gasteiger partial charge in [0.05, 0.1) is 6.26 Å². The Morgan fingerprint density at radius 3 is 2.40 bits per heavy atom. The number of carboxylic acids is 2. The lowest BCUT2D eigenvalue weighted by Crippen LogP contribution is -2.20. The second-order valence-electron chi connectivity index (χ2n) is 6.54. The van der Waals surface area contributed by atoms with Crippen molar-refractivity contribution in [3.63, 3.8) is 0 Å². The maximum atomic E-state index is 9.55. The molecule has 1 aromatic heterocycles. The molecule has 2 N–H and O–H groups in total. The highest BCUT2D eigenvalue weighted by Crippen LogP contribution is 2.31. The number of carbonyl (C=O) groups is 2. The number of hydrogen-bond donors (Lipinski definition) is 2. The van der Waals surface area contributed by atoms with Crippen molar-refractivity contribution < 1.29 is 29.0 Å². The summed E-state index contributed by atoms with van der Waals surface area (Å²) in [6.45, 7) is 2.59. The van der Waals surface area contributed by atoms with Crippen molar-refractivity contribution in [1.82, 2.24) is 4.90 Å². The Bertz CT molecular complexity index is 889. The minimum Gasteiger partial charge on any atom is -0.489 e. The summed E-state index contributed by atoms with van der Waals surface area (Å²) in [6.07, 6.45) is 8.61. The van der Waals surface area contributed by atoms with Crippen molar-refractivity contribution in [3.8, 4) is 5.75 Å². The highest BCUT2D eigenvalue weighted by molar-refractivity contribution is 6.31. The van der Waals surface area contributed by atoms with E-state index in [4.69, 9.17) is 31.0 Å². The van der Waals surface area contributed by atoms with Crippen LogP contribution in [0.2, 0.25) is 5.02 Å². The molecule has 8 heteroatoms. The molecule has 30 heavy (non-hydrogen) atoms. The number of rotatable bonds is 6. The second-order valence-corrected chi connectivity index (χ2v) is 6.95. The summed E-state index contributed by atoms with van der Waals surface area (Å²) in [7, 11) is 2.15. The second kappa shape index (κ2) is 11.8. The Morgan fingerprint density at radius 1 is 1.13 bits per heavy atom. The quantitative estimate of drug-likeness (QED) is 0.669. The molecule has 2 heterocycles. The summed E-state index contributed by atoms with van der Waals surface area (Å²) < 4.78 is 11.2. The van der Waals surface area contributed by atoms with Gasteiger partial charge in [0.2, 0.25) is 0 Å². The summed E-state index contributed by atoms with van der Waals surface area (Å²) in [5, 5.41) is 16.5. The number of halogens is 1.